The topological polar surface area (TPSA) is 67.8 Å². The molecule has 0 aliphatic heterocycles. The molecule has 0 saturated heterocycles. The van der Waals surface area contributed by atoms with Gasteiger partial charge in [0.2, 0.25) is 5.91 Å². The van der Waals surface area contributed by atoms with Gasteiger partial charge in [-0.15, -0.1) is 44.2 Å². The Balaban J connectivity index is 1.36. The van der Waals surface area contributed by atoms with E-state index in [0.717, 1.165) is 36.1 Å². The summed E-state index contributed by atoms with van der Waals surface area (Å²) in [4.78, 5) is 20.0. The van der Waals surface area contributed by atoms with Crippen molar-refractivity contribution >= 4 is 51.7 Å². The van der Waals surface area contributed by atoms with Crippen molar-refractivity contribution in [3.63, 3.8) is 0 Å². The molecule has 0 fully saturated rings. The van der Waals surface area contributed by atoms with Crippen LogP contribution in [0, 0.1) is 6.92 Å². The van der Waals surface area contributed by atoms with Gasteiger partial charge in [0.1, 0.15) is 15.7 Å². The van der Waals surface area contributed by atoms with Gasteiger partial charge in [-0.25, -0.2) is 4.98 Å². The van der Waals surface area contributed by atoms with Crippen molar-refractivity contribution in [2.45, 2.75) is 18.5 Å². The monoisotopic (exact) mass is 444 g/mol. The van der Waals surface area contributed by atoms with Gasteiger partial charge in [-0.3, -0.25) is 4.79 Å². The summed E-state index contributed by atoms with van der Waals surface area (Å²) in [5, 5.41) is 17.3. The molecule has 0 atom stereocenters. The predicted octanol–water partition coefficient (Wildman–Crippen LogP) is 5.11. The summed E-state index contributed by atoms with van der Waals surface area (Å²) in [6, 6.07) is 11.9. The van der Waals surface area contributed by atoms with Gasteiger partial charge in [0.15, 0.2) is 0 Å². The number of nitrogens with zero attached hydrogens (tertiary/aromatic N) is 3. The van der Waals surface area contributed by atoms with Crippen molar-refractivity contribution in [3.05, 3.63) is 57.7 Å². The lowest BCUT2D eigenvalue weighted by Gasteiger charge is -2.03. The normalized spacial score (nSPS) is 10.9. The summed E-state index contributed by atoms with van der Waals surface area (Å²) in [5.74, 6) is 0.310. The zero-order valence-electron chi connectivity index (χ0n) is 14.9. The van der Waals surface area contributed by atoms with Crippen LogP contribution >= 0.6 is 45.8 Å². The number of carbonyl (C=O) groups excluding carboxylic acids is 1. The Morgan fingerprint density at radius 3 is 2.68 bits per heavy atom. The SMILES string of the molecule is Cc1nc(-c2cccs2)sc1-c1ccc(SCC(=O)NCc2cccs2)nn1. The van der Waals surface area contributed by atoms with Crippen LogP contribution in [0.1, 0.15) is 10.6 Å². The van der Waals surface area contributed by atoms with E-state index in [0.29, 0.717) is 12.3 Å². The molecule has 0 aromatic carbocycles. The van der Waals surface area contributed by atoms with Crippen LogP contribution < -0.4 is 5.32 Å². The maximum absolute atomic E-state index is 12.0. The second-order valence-electron chi connectivity index (χ2n) is 5.81. The largest absolute Gasteiger partial charge is 0.350 e. The van der Waals surface area contributed by atoms with Gasteiger partial charge in [-0.2, -0.15) is 0 Å². The molecule has 142 valence electrons. The number of thiazole rings is 1. The van der Waals surface area contributed by atoms with Crippen LogP contribution in [0.5, 0.6) is 0 Å². The number of hydrogen-bond acceptors (Lipinski definition) is 8. The smallest absolute Gasteiger partial charge is 0.230 e. The first-order chi connectivity index (χ1) is 13.7. The molecule has 1 amide bonds. The molecule has 0 spiro atoms. The first kappa shape index (κ1) is 19.3. The molecule has 0 radical (unpaired) electrons. The first-order valence-electron chi connectivity index (χ1n) is 8.46. The highest BCUT2D eigenvalue weighted by molar-refractivity contribution is 7.99. The van der Waals surface area contributed by atoms with Crippen LogP contribution in [-0.4, -0.2) is 26.8 Å². The van der Waals surface area contributed by atoms with Crippen molar-refractivity contribution < 1.29 is 4.79 Å². The summed E-state index contributed by atoms with van der Waals surface area (Å²) in [5.41, 5.74) is 1.76. The maximum Gasteiger partial charge on any atom is 0.230 e. The minimum atomic E-state index is -0.0110. The van der Waals surface area contributed by atoms with Gasteiger partial charge < -0.3 is 5.32 Å². The molecule has 28 heavy (non-hydrogen) atoms. The fraction of sp³-hybridized carbons (Fsp3) is 0.158. The molecule has 1 N–H and O–H groups in total. The number of hydrogen-bond donors (Lipinski definition) is 1. The predicted molar refractivity (Wildman–Crippen MR) is 118 cm³/mol. The highest BCUT2D eigenvalue weighted by Crippen LogP contribution is 2.36. The van der Waals surface area contributed by atoms with Crippen molar-refractivity contribution in [2.24, 2.45) is 0 Å². The lowest BCUT2D eigenvalue weighted by Crippen LogP contribution is -2.24. The quantitative estimate of drug-likeness (QED) is 0.401. The molecule has 4 aromatic heterocycles. The van der Waals surface area contributed by atoms with Gasteiger partial charge in [0.25, 0.3) is 0 Å². The molecule has 4 rings (SSSR count). The van der Waals surface area contributed by atoms with Crippen molar-refractivity contribution in [3.8, 4) is 20.5 Å². The fourth-order valence-corrected chi connectivity index (χ4v) is 5.56. The average Bonchev–Trinajstić information content (AvgIpc) is 3.46. The van der Waals surface area contributed by atoms with E-state index in [-0.39, 0.29) is 5.91 Å². The number of amides is 1. The lowest BCUT2D eigenvalue weighted by atomic mass is 10.3. The van der Waals surface area contributed by atoms with Crippen LogP contribution in [0.3, 0.4) is 0 Å². The molecule has 0 aliphatic rings. The summed E-state index contributed by atoms with van der Waals surface area (Å²) in [7, 11) is 0. The van der Waals surface area contributed by atoms with Crippen molar-refractivity contribution in [1.82, 2.24) is 20.5 Å². The minimum absolute atomic E-state index is 0.0110. The van der Waals surface area contributed by atoms with E-state index in [1.807, 2.05) is 48.0 Å². The third kappa shape index (κ3) is 4.67. The number of aromatic nitrogens is 3. The fourth-order valence-electron chi connectivity index (χ4n) is 2.45. The van der Waals surface area contributed by atoms with Gasteiger partial charge >= 0.3 is 0 Å². The molecular formula is C19H16N4OS4. The number of thioether (sulfide) groups is 1. The van der Waals surface area contributed by atoms with Gasteiger partial charge in [0.05, 0.1) is 27.7 Å². The number of thiophene rings is 2. The van der Waals surface area contributed by atoms with E-state index < -0.39 is 0 Å². The van der Waals surface area contributed by atoms with Crippen LogP contribution in [0.25, 0.3) is 20.5 Å². The highest BCUT2D eigenvalue weighted by atomic mass is 32.2. The lowest BCUT2D eigenvalue weighted by molar-refractivity contribution is -0.118. The Labute approximate surface area is 178 Å². The first-order valence-corrected chi connectivity index (χ1v) is 12.0. The van der Waals surface area contributed by atoms with E-state index >= 15 is 0 Å². The number of nitrogens with one attached hydrogen (secondary N) is 1. The van der Waals surface area contributed by atoms with E-state index in [9.17, 15) is 4.79 Å². The van der Waals surface area contributed by atoms with E-state index in [2.05, 4.69) is 26.6 Å². The van der Waals surface area contributed by atoms with Crippen molar-refractivity contribution in [1.29, 1.82) is 0 Å². The maximum atomic E-state index is 12.0. The minimum Gasteiger partial charge on any atom is -0.350 e. The third-order valence-electron chi connectivity index (χ3n) is 3.79. The summed E-state index contributed by atoms with van der Waals surface area (Å²) >= 11 is 6.32. The summed E-state index contributed by atoms with van der Waals surface area (Å²) in [6.45, 7) is 2.56. The Kier molecular flexibility index (Phi) is 6.16. The zero-order valence-corrected chi connectivity index (χ0v) is 18.2. The molecule has 0 saturated carbocycles. The highest BCUT2D eigenvalue weighted by Gasteiger charge is 2.14. The Bertz CT molecular complexity index is 1040. The molecule has 0 bridgehead atoms. The number of rotatable bonds is 7. The number of carbonyl (C=O) groups is 1. The molecule has 0 aliphatic carbocycles. The van der Waals surface area contributed by atoms with Crippen LogP contribution in [0.15, 0.2) is 52.2 Å². The molecule has 5 nitrogen and oxygen atoms in total. The molecule has 4 heterocycles. The van der Waals surface area contributed by atoms with Gasteiger partial charge in [-0.05, 0) is 41.9 Å². The summed E-state index contributed by atoms with van der Waals surface area (Å²) < 4.78 is 0. The molecule has 0 unspecified atom stereocenters. The Morgan fingerprint density at radius 1 is 1.11 bits per heavy atom. The van der Waals surface area contributed by atoms with E-state index in [4.69, 9.17) is 0 Å². The zero-order chi connectivity index (χ0) is 19.3. The second-order valence-corrected chi connectivity index (χ2v) is 9.79. The Hall–Kier alpha value is -2.07. The molecule has 9 heteroatoms. The number of aryl methyl sites for hydroxylation is 1. The van der Waals surface area contributed by atoms with Crippen molar-refractivity contribution in [2.75, 3.05) is 5.75 Å². The van der Waals surface area contributed by atoms with Gasteiger partial charge in [-0.1, -0.05) is 23.9 Å². The third-order valence-corrected chi connectivity index (χ3v) is 7.81. The van der Waals surface area contributed by atoms with Gasteiger partial charge in [0, 0.05) is 4.88 Å². The molecule has 4 aromatic rings. The average molecular weight is 445 g/mol. The van der Waals surface area contributed by atoms with E-state index in [1.54, 1.807) is 34.0 Å². The van der Waals surface area contributed by atoms with Crippen LogP contribution in [0.4, 0.5) is 0 Å². The van der Waals surface area contributed by atoms with Crippen LogP contribution in [-0.2, 0) is 11.3 Å². The van der Waals surface area contributed by atoms with E-state index in [1.165, 1.54) is 11.8 Å². The summed E-state index contributed by atoms with van der Waals surface area (Å²) in [6.07, 6.45) is 0. The second kappa shape index (κ2) is 8.95. The molecular weight excluding hydrogens is 429 g/mol. The van der Waals surface area contributed by atoms with Crippen LogP contribution in [0.2, 0.25) is 0 Å². The standard InChI is InChI=1S/C19H16N4OS4/c1-12-18(28-19(21-12)15-5-3-9-26-15)14-6-7-17(23-22-14)27-11-16(24)20-10-13-4-2-8-25-13/h2-9H,10-11H2,1H3,(H,20,24). The Morgan fingerprint density at radius 2 is 1.96 bits per heavy atom.